The highest BCUT2D eigenvalue weighted by Gasteiger charge is 2.05. The summed E-state index contributed by atoms with van der Waals surface area (Å²) in [4.78, 5) is 24.0. The van der Waals surface area contributed by atoms with Gasteiger partial charge in [0.1, 0.15) is 6.61 Å². The van der Waals surface area contributed by atoms with Crippen molar-refractivity contribution in [2.75, 3.05) is 13.2 Å². The zero-order valence-electron chi connectivity index (χ0n) is 8.09. The van der Waals surface area contributed by atoms with Crippen LogP contribution in [0.25, 0.3) is 0 Å². The standard InChI is InChI=1S/C9H13NO3/c1-7(2)8(3)9(12)13-5-4-10-6-11/h4-5H2,1-3H3. The minimum Gasteiger partial charge on any atom is -0.460 e. The number of esters is 1. The molecule has 0 radical (unpaired) electrons. The Labute approximate surface area is 77.3 Å². The highest BCUT2D eigenvalue weighted by Crippen LogP contribution is 2.03. The van der Waals surface area contributed by atoms with E-state index in [0.717, 1.165) is 5.57 Å². The summed E-state index contributed by atoms with van der Waals surface area (Å²) in [5.41, 5.74) is 1.51. The molecule has 0 aliphatic heterocycles. The van der Waals surface area contributed by atoms with Crippen molar-refractivity contribution in [3.05, 3.63) is 11.1 Å². The van der Waals surface area contributed by atoms with Crippen molar-refractivity contribution in [3.8, 4) is 0 Å². The Morgan fingerprint density at radius 2 is 2.00 bits per heavy atom. The lowest BCUT2D eigenvalue weighted by atomic mass is 10.2. The van der Waals surface area contributed by atoms with Gasteiger partial charge in [-0.3, -0.25) is 0 Å². The van der Waals surface area contributed by atoms with Crippen LogP contribution >= 0.6 is 0 Å². The van der Waals surface area contributed by atoms with E-state index in [9.17, 15) is 9.59 Å². The first-order chi connectivity index (χ1) is 6.09. The minimum absolute atomic E-state index is 0.124. The van der Waals surface area contributed by atoms with Gasteiger partial charge in [-0.15, -0.1) is 0 Å². The number of hydrogen-bond donors (Lipinski definition) is 0. The van der Waals surface area contributed by atoms with Crippen molar-refractivity contribution in [2.24, 2.45) is 4.99 Å². The van der Waals surface area contributed by atoms with Crippen LogP contribution in [0.4, 0.5) is 0 Å². The van der Waals surface area contributed by atoms with E-state index in [1.54, 1.807) is 6.92 Å². The number of ether oxygens (including phenoxy) is 1. The number of aliphatic imine (C=N–C) groups is 1. The van der Waals surface area contributed by atoms with E-state index in [2.05, 4.69) is 4.99 Å². The summed E-state index contributed by atoms with van der Waals surface area (Å²) in [7, 11) is 0. The van der Waals surface area contributed by atoms with Crippen molar-refractivity contribution < 1.29 is 14.3 Å². The van der Waals surface area contributed by atoms with E-state index >= 15 is 0 Å². The SMILES string of the molecule is CC(C)=C(C)C(=O)OCCN=C=O. The molecule has 4 nitrogen and oxygen atoms in total. The summed E-state index contributed by atoms with van der Waals surface area (Å²) in [6.07, 6.45) is 1.37. The maximum Gasteiger partial charge on any atom is 0.333 e. The molecule has 0 aliphatic carbocycles. The normalized spacial score (nSPS) is 8.54. The first-order valence-electron chi connectivity index (χ1n) is 3.94. The van der Waals surface area contributed by atoms with Crippen LogP contribution in [0, 0.1) is 0 Å². The molecule has 0 heterocycles. The first kappa shape index (κ1) is 11.6. The predicted octanol–water partition coefficient (Wildman–Crippen LogP) is 1.22. The van der Waals surface area contributed by atoms with Crippen LogP contribution in [0.15, 0.2) is 16.1 Å². The number of hydrogen-bond acceptors (Lipinski definition) is 4. The first-order valence-corrected chi connectivity index (χ1v) is 3.94. The zero-order valence-corrected chi connectivity index (χ0v) is 8.09. The van der Waals surface area contributed by atoms with E-state index in [1.807, 2.05) is 13.8 Å². The Kier molecular flexibility index (Phi) is 5.48. The maximum atomic E-state index is 11.1. The van der Waals surface area contributed by atoms with Crippen LogP contribution in [-0.4, -0.2) is 25.2 Å². The molecular weight excluding hydrogens is 170 g/mol. The summed E-state index contributed by atoms with van der Waals surface area (Å²) in [5, 5.41) is 0. The third-order valence-electron chi connectivity index (χ3n) is 1.56. The maximum absolute atomic E-state index is 11.1. The molecular formula is C9H13NO3. The summed E-state index contributed by atoms with van der Waals surface area (Å²) in [6.45, 7) is 5.66. The van der Waals surface area contributed by atoms with Crippen LogP contribution in [0.3, 0.4) is 0 Å². The number of allylic oxidation sites excluding steroid dienone is 1. The molecule has 0 aromatic rings. The van der Waals surface area contributed by atoms with Gasteiger partial charge in [0.2, 0.25) is 6.08 Å². The summed E-state index contributed by atoms with van der Waals surface area (Å²) >= 11 is 0. The van der Waals surface area contributed by atoms with E-state index in [-0.39, 0.29) is 19.1 Å². The molecule has 0 saturated carbocycles. The molecule has 0 spiro atoms. The van der Waals surface area contributed by atoms with Gasteiger partial charge in [0, 0.05) is 5.57 Å². The number of carbonyl (C=O) groups is 1. The van der Waals surface area contributed by atoms with E-state index < -0.39 is 0 Å². The zero-order chi connectivity index (χ0) is 10.3. The third-order valence-corrected chi connectivity index (χ3v) is 1.56. The van der Waals surface area contributed by atoms with Crippen LogP contribution in [0.1, 0.15) is 20.8 Å². The molecule has 0 aromatic heterocycles. The second-order valence-electron chi connectivity index (χ2n) is 2.73. The second-order valence-corrected chi connectivity index (χ2v) is 2.73. The van der Waals surface area contributed by atoms with Gasteiger partial charge in [0.05, 0.1) is 6.54 Å². The fraction of sp³-hybridized carbons (Fsp3) is 0.556. The van der Waals surface area contributed by atoms with Crippen molar-refractivity contribution in [1.29, 1.82) is 0 Å². The molecule has 13 heavy (non-hydrogen) atoms. The van der Waals surface area contributed by atoms with Gasteiger partial charge in [-0.05, 0) is 20.8 Å². The average Bonchev–Trinajstić information content (AvgIpc) is 2.10. The average molecular weight is 183 g/mol. The fourth-order valence-electron chi connectivity index (χ4n) is 0.542. The molecule has 0 N–H and O–H groups in total. The number of carbonyl (C=O) groups excluding carboxylic acids is 2. The van der Waals surface area contributed by atoms with E-state index in [4.69, 9.17) is 4.74 Å². The second kappa shape index (κ2) is 6.14. The van der Waals surface area contributed by atoms with Gasteiger partial charge in [-0.25, -0.2) is 14.6 Å². The van der Waals surface area contributed by atoms with E-state index in [0.29, 0.717) is 5.57 Å². The Hall–Kier alpha value is -1.41. The van der Waals surface area contributed by atoms with Gasteiger partial charge in [-0.2, -0.15) is 0 Å². The van der Waals surface area contributed by atoms with Crippen LogP contribution in [0.2, 0.25) is 0 Å². The molecule has 0 rings (SSSR count). The molecule has 0 aliphatic rings. The highest BCUT2D eigenvalue weighted by atomic mass is 16.5. The van der Waals surface area contributed by atoms with Crippen molar-refractivity contribution >= 4 is 12.0 Å². The Balaban J connectivity index is 3.89. The Morgan fingerprint density at radius 1 is 1.38 bits per heavy atom. The van der Waals surface area contributed by atoms with Gasteiger partial charge in [0.25, 0.3) is 0 Å². The van der Waals surface area contributed by atoms with Gasteiger partial charge in [0.15, 0.2) is 0 Å². The predicted molar refractivity (Wildman–Crippen MR) is 48.0 cm³/mol. The lowest BCUT2D eigenvalue weighted by Crippen LogP contribution is -2.09. The quantitative estimate of drug-likeness (QED) is 0.216. The molecule has 72 valence electrons. The van der Waals surface area contributed by atoms with Crippen molar-refractivity contribution in [3.63, 3.8) is 0 Å². The molecule has 0 unspecified atom stereocenters. The smallest absolute Gasteiger partial charge is 0.333 e. The molecule has 0 bridgehead atoms. The highest BCUT2D eigenvalue weighted by molar-refractivity contribution is 5.88. The largest absolute Gasteiger partial charge is 0.460 e. The molecule has 0 amide bonds. The number of nitrogens with zero attached hydrogens (tertiary/aromatic N) is 1. The van der Waals surface area contributed by atoms with Crippen LogP contribution in [0.5, 0.6) is 0 Å². The summed E-state index contributed by atoms with van der Waals surface area (Å²) in [5.74, 6) is -0.360. The molecule has 4 heteroatoms. The topological polar surface area (TPSA) is 55.7 Å². The number of rotatable bonds is 4. The summed E-state index contributed by atoms with van der Waals surface area (Å²) < 4.78 is 4.80. The molecule has 0 saturated heterocycles. The number of isocyanates is 1. The van der Waals surface area contributed by atoms with Gasteiger partial charge >= 0.3 is 5.97 Å². The Bertz CT molecular complexity index is 258. The summed E-state index contributed by atoms with van der Waals surface area (Å²) in [6, 6.07) is 0. The monoisotopic (exact) mass is 183 g/mol. The lowest BCUT2D eigenvalue weighted by Gasteiger charge is -2.03. The van der Waals surface area contributed by atoms with Crippen molar-refractivity contribution in [1.82, 2.24) is 0 Å². The van der Waals surface area contributed by atoms with E-state index in [1.165, 1.54) is 6.08 Å². The van der Waals surface area contributed by atoms with Crippen LogP contribution < -0.4 is 0 Å². The molecule has 0 fully saturated rings. The third kappa shape index (κ3) is 4.93. The molecule has 0 aromatic carbocycles. The fourth-order valence-corrected chi connectivity index (χ4v) is 0.542. The minimum atomic E-state index is -0.360. The van der Waals surface area contributed by atoms with Gasteiger partial charge < -0.3 is 4.74 Å². The lowest BCUT2D eigenvalue weighted by molar-refractivity contribution is -0.138. The van der Waals surface area contributed by atoms with Crippen molar-refractivity contribution in [2.45, 2.75) is 20.8 Å². The Morgan fingerprint density at radius 3 is 2.46 bits per heavy atom. The molecule has 0 atom stereocenters. The van der Waals surface area contributed by atoms with Gasteiger partial charge in [-0.1, -0.05) is 5.57 Å². The van der Waals surface area contributed by atoms with Crippen LogP contribution in [-0.2, 0) is 14.3 Å².